The van der Waals surface area contributed by atoms with Crippen LogP contribution in [-0.4, -0.2) is 48.1 Å². The number of likely N-dealkylation sites (tertiary alicyclic amines) is 1. The summed E-state index contributed by atoms with van der Waals surface area (Å²) in [7, 11) is 4.04. The Morgan fingerprint density at radius 1 is 1.35 bits per heavy atom. The predicted molar refractivity (Wildman–Crippen MR) is 70.3 cm³/mol. The molecule has 5 heteroatoms. The third kappa shape index (κ3) is 3.06. The molecule has 2 heterocycles. The molecular formula is C12H21N5. The molecule has 1 saturated heterocycles. The first kappa shape index (κ1) is 12.1. The van der Waals surface area contributed by atoms with Crippen LogP contribution in [0.25, 0.3) is 0 Å². The van der Waals surface area contributed by atoms with Gasteiger partial charge in [0.05, 0.1) is 0 Å². The Kier molecular flexibility index (Phi) is 3.78. The summed E-state index contributed by atoms with van der Waals surface area (Å²) in [6.45, 7) is 4.57. The minimum atomic E-state index is 0.505. The van der Waals surface area contributed by atoms with Crippen LogP contribution in [0, 0.1) is 5.92 Å². The summed E-state index contributed by atoms with van der Waals surface area (Å²) < 4.78 is 0. The fraction of sp³-hybridized carbons (Fsp3) is 0.667. The number of nitrogens with zero attached hydrogens (tertiary/aromatic N) is 3. The molecule has 0 saturated carbocycles. The number of hydrogen-bond acceptors (Lipinski definition) is 5. The third-order valence-electron chi connectivity index (χ3n) is 3.36. The van der Waals surface area contributed by atoms with Crippen LogP contribution in [0.1, 0.15) is 13.3 Å². The van der Waals surface area contributed by atoms with Gasteiger partial charge in [-0.15, -0.1) is 0 Å². The molecule has 0 aromatic carbocycles. The van der Waals surface area contributed by atoms with Crippen LogP contribution in [0.15, 0.2) is 12.4 Å². The Bertz CT molecular complexity index is 368. The summed E-state index contributed by atoms with van der Waals surface area (Å²) in [6, 6.07) is 2.45. The summed E-state index contributed by atoms with van der Waals surface area (Å²) in [5.41, 5.74) is 0. The fourth-order valence-corrected chi connectivity index (χ4v) is 2.33. The second-order valence-electron chi connectivity index (χ2n) is 4.82. The van der Waals surface area contributed by atoms with Crippen molar-refractivity contribution < 1.29 is 0 Å². The first-order chi connectivity index (χ1) is 8.19. The standard InChI is InChI=1S/C12H21N5/c1-9-7-17(3)5-4-10(9)16-12-6-11(13-2)14-8-15-12/h6,8-10H,4-5,7H2,1-3H3,(H2,13,14,15,16). The molecule has 17 heavy (non-hydrogen) atoms. The molecule has 94 valence electrons. The molecule has 2 atom stereocenters. The summed E-state index contributed by atoms with van der Waals surface area (Å²) in [5.74, 6) is 2.40. The number of hydrogen-bond donors (Lipinski definition) is 2. The normalized spacial score (nSPS) is 25.6. The van der Waals surface area contributed by atoms with E-state index in [0.717, 1.165) is 31.1 Å². The number of anilines is 2. The van der Waals surface area contributed by atoms with Crippen molar-refractivity contribution in [1.29, 1.82) is 0 Å². The van der Waals surface area contributed by atoms with Crippen LogP contribution >= 0.6 is 0 Å². The molecule has 1 aromatic heterocycles. The molecule has 0 aliphatic carbocycles. The van der Waals surface area contributed by atoms with Gasteiger partial charge in [-0.2, -0.15) is 0 Å². The maximum absolute atomic E-state index is 4.26. The van der Waals surface area contributed by atoms with Gasteiger partial charge in [-0.05, 0) is 25.9 Å². The Labute approximate surface area is 103 Å². The van der Waals surface area contributed by atoms with Crippen molar-refractivity contribution >= 4 is 11.6 Å². The SMILES string of the molecule is CNc1cc(NC2CCN(C)CC2C)ncn1. The minimum Gasteiger partial charge on any atom is -0.373 e. The van der Waals surface area contributed by atoms with E-state index in [1.807, 2.05) is 13.1 Å². The van der Waals surface area contributed by atoms with Gasteiger partial charge in [0.15, 0.2) is 0 Å². The Morgan fingerprint density at radius 3 is 2.82 bits per heavy atom. The quantitative estimate of drug-likeness (QED) is 0.826. The molecule has 0 bridgehead atoms. The lowest BCUT2D eigenvalue weighted by molar-refractivity contribution is 0.206. The molecule has 1 aromatic rings. The van der Waals surface area contributed by atoms with E-state index in [2.05, 4.69) is 39.5 Å². The van der Waals surface area contributed by atoms with Gasteiger partial charge in [0, 0.05) is 25.7 Å². The molecule has 0 spiro atoms. The van der Waals surface area contributed by atoms with Crippen molar-refractivity contribution in [2.45, 2.75) is 19.4 Å². The zero-order chi connectivity index (χ0) is 12.3. The largest absolute Gasteiger partial charge is 0.373 e. The van der Waals surface area contributed by atoms with Gasteiger partial charge in [0.25, 0.3) is 0 Å². The van der Waals surface area contributed by atoms with Crippen LogP contribution in [0.3, 0.4) is 0 Å². The molecular weight excluding hydrogens is 214 g/mol. The second-order valence-corrected chi connectivity index (χ2v) is 4.82. The van der Waals surface area contributed by atoms with Crippen molar-refractivity contribution in [2.75, 3.05) is 37.8 Å². The Morgan fingerprint density at radius 2 is 2.12 bits per heavy atom. The van der Waals surface area contributed by atoms with Gasteiger partial charge in [0.2, 0.25) is 0 Å². The molecule has 1 fully saturated rings. The van der Waals surface area contributed by atoms with Crippen molar-refractivity contribution in [3.05, 3.63) is 12.4 Å². The highest BCUT2D eigenvalue weighted by Crippen LogP contribution is 2.20. The van der Waals surface area contributed by atoms with E-state index >= 15 is 0 Å². The molecule has 0 amide bonds. The summed E-state index contributed by atoms with van der Waals surface area (Å²) >= 11 is 0. The maximum Gasteiger partial charge on any atom is 0.131 e. The van der Waals surface area contributed by atoms with E-state index in [4.69, 9.17) is 0 Å². The molecule has 5 nitrogen and oxygen atoms in total. The Balaban J connectivity index is 2.00. The number of aromatic nitrogens is 2. The summed E-state index contributed by atoms with van der Waals surface area (Å²) in [4.78, 5) is 10.7. The molecule has 1 aliphatic heterocycles. The van der Waals surface area contributed by atoms with Gasteiger partial charge >= 0.3 is 0 Å². The van der Waals surface area contributed by atoms with Crippen LogP contribution in [-0.2, 0) is 0 Å². The van der Waals surface area contributed by atoms with Gasteiger partial charge in [-0.1, -0.05) is 6.92 Å². The zero-order valence-corrected chi connectivity index (χ0v) is 10.8. The fourth-order valence-electron chi connectivity index (χ4n) is 2.33. The Hall–Kier alpha value is -1.36. The average Bonchev–Trinajstić information content (AvgIpc) is 2.33. The third-order valence-corrected chi connectivity index (χ3v) is 3.36. The predicted octanol–water partition coefficient (Wildman–Crippen LogP) is 1.27. The van der Waals surface area contributed by atoms with E-state index in [0.29, 0.717) is 12.0 Å². The highest BCUT2D eigenvalue weighted by Gasteiger charge is 2.24. The van der Waals surface area contributed by atoms with Gasteiger partial charge in [-0.25, -0.2) is 9.97 Å². The van der Waals surface area contributed by atoms with Crippen molar-refractivity contribution in [2.24, 2.45) is 5.92 Å². The lowest BCUT2D eigenvalue weighted by atomic mass is 9.94. The van der Waals surface area contributed by atoms with Gasteiger partial charge in [-0.3, -0.25) is 0 Å². The summed E-state index contributed by atoms with van der Waals surface area (Å²) in [6.07, 6.45) is 2.75. The second kappa shape index (κ2) is 5.31. The number of rotatable bonds is 3. The van der Waals surface area contributed by atoms with Gasteiger partial charge < -0.3 is 15.5 Å². The van der Waals surface area contributed by atoms with Gasteiger partial charge in [0.1, 0.15) is 18.0 Å². The van der Waals surface area contributed by atoms with Crippen LogP contribution in [0.5, 0.6) is 0 Å². The topological polar surface area (TPSA) is 53.1 Å². The minimum absolute atomic E-state index is 0.505. The van der Waals surface area contributed by atoms with Crippen molar-refractivity contribution in [1.82, 2.24) is 14.9 Å². The zero-order valence-electron chi connectivity index (χ0n) is 10.8. The first-order valence-electron chi connectivity index (χ1n) is 6.14. The molecule has 2 rings (SSSR count). The highest BCUT2D eigenvalue weighted by molar-refractivity contribution is 5.46. The van der Waals surface area contributed by atoms with Crippen molar-refractivity contribution in [3.63, 3.8) is 0 Å². The van der Waals surface area contributed by atoms with E-state index in [-0.39, 0.29) is 0 Å². The van der Waals surface area contributed by atoms with Crippen molar-refractivity contribution in [3.8, 4) is 0 Å². The van der Waals surface area contributed by atoms with E-state index in [1.54, 1.807) is 6.33 Å². The molecule has 1 aliphatic rings. The van der Waals surface area contributed by atoms with E-state index in [1.165, 1.54) is 0 Å². The molecule has 0 radical (unpaired) electrons. The smallest absolute Gasteiger partial charge is 0.131 e. The highest BCUT2D eigenvalue weighted by atomic mass is 15.1. The summed E-state index contributed by atoms with van der Waals surface area (Å²) in [5, 5.41) is 6.53. The lowest BCUT2D eigenvalue weighted by Crippen LogP contribution is -2.43. The van der Waals surface area contributed by atoms with E-state index < -0.39 is 0 Å². The van der Waals surface area contributed by atoms with Crippen LogP contribution < -0.4 is 10.6 Å². The van der Waals surface area contributed by atoms with Crippen LogP contribution in [0.4, 0.5) is 11.6 Å². The lowest BCUT2D eigenvalue weighted by Gasteiger charge is -2.35. The maximum atomic E-state index is 4.26. The molecule has 2 N–H and O–H groups in total. The number of piperidine rings is 1. The monoisotopic (exact) mass is 235 g/mol. The first-order valence-corrected chi connectivity index (χ1v) is 6.14. The number of nitrogens with one attached hydrogen (secondary N) is 2. The van der Waals surface area contributed by atoms with E-state index in [9.17, 15) is 0 Å². The van der Waals surface area contributed by atoms with Crippen LogP contribution in [0.2, 0.25) is 0 Å². The molecule has 2 unspecified atom stereocenters. The average molecular weight is 235 g/mol.